The monoisotopic (exact) mass is 457 g/mol. The molecule has 7 nitrogen and oxygen atoms in total. The van der Waals surface area contributed by atoms with Gasteiger partial charge in [-0.1, -0.05) is 42.5 Å². The smallest absolute Gasteiger partial charge is 0.247 e. The Balaban J connectivity index is 1.41. The van der Waals surface area contributed by atoms with Crippen molar-refractivity contribution in [2.45, 2.75) is 38.0 Å². The van der Waals surface area contributed by atoms with Gasteiger partial charge in [0.15, 0.2) is 0 Å². The second-order valence-electron chi connectivity index (χ2n) is 9.54. The van der Waals surface area contributed by atoms with E-state index in [0.29, 0.717) is 12.3 Å². The third-order valence-electron chi connectivity index (χ3n) is 7.57. The minimum absolute atomic E-state index is 0.121. The van der Waals surface area contributed by atoms with Gasteiger partial charge in [0, 0.05) is 23.5 Å². The van der Waals surface area contributed by atoms with Crippen LogP contribution in [-0.2, 0) is 19.1 Å². The van der Waals surface area contributed by atoms with Crippen LogP contribution in [0.2, 0.25) is 0 Å². The maximum absolute atomic E-state index is 13.7. The van der Waals surface area contributed by atoms with E-state index in [1.165, 1.54) is 4.90 Å². The highest BCUT2D eigenvalue weighted by Gasteiger charge is 2.64. The molecule has 3 saturated heterocycles. The topological polar surface area (TPSA) is 78.9 Å². The Morgan fingerprint density at radius 3 is 2.53 bits per heavy atom. The van der Waals surface area contributed by atoms with Crippen molar-refractivity contribution in [1.29, 1.82) is 0 Å². The number of amides is 3. The number of allylic oxidation sites excluding steroid dienone is 1. The van der Waals surface area contributed by atoms with Crippen LogP contribution in [0, 0.1) is 11.8 Å². The molecule has 3 amide bonds. The fraction of sp³-hybridized carbons (Fsp3) is 0.370. The number of hydrogen-bond donors (Lipinski definition) is 1. The van der Waals surface area contributed by atoms with E-state index in [1.54, 1.807) is 0 Å². The largest absolute Gasteiger partial charge is 0.376 e. The van der Waals surface area contributed by atoms with E-state index >= 15 is 0 Å². The fourth-order valence-electron chi connectivity index (χ4n) is 6.07. The number of fused-ring (bicyclic) bond motifs is 5. The van der Waals surface area contributed by atoms with Gasteiger partial charge < -0.3 is 15.0 Å². The van der Waals surface area contributed by atoms with Crippen LogP contribution < -0.4 is 10.2 Å². The molecule has 4 aliphatic rings. The number of ether oxygens (including phenoxy) is 1. The Hall–Kier alpha value is -3.45. The molecule has 174 valence electrons. The Morgan fingerprint density at radius 1 is 1.03 bits per heavy atom. The first kappa shape index (κ1) is 21.1. The molecular weight excluding hydrogens is 430 g/mol. The van der Waals surface area contributed by atoms with Gasteiger partial charge in [0.2, 0.25) is 17.7 Å². The number of nitrogens with zero attached hydrogens (tertiary/aromatic N) is 2. The number of carbonyl (C=O) groups is 3. The molecule has 0 unspecified atom stereocenters. The summed E-state index contributed by atoms with van der Waals surface area (Å²) in [5.74, 6) is -2.07. The molecule has 7 heteroatoms. The van der Waals surface area contributed by atoms with Crippen LogP contribution in [0.4, 0.5) is 11.4 Å². The quantitative estimate of drug-likeness (QED) is 0.714. The van der Waals surface area contributed by atoms with E-state index in [4.69, 9.17) is 4.74 Å². The predicted octanol–water partition coefficient (Wildman–Crippen LogP) is 3.08. The maximum atomic E-state index is 13.7. The Bertz CT molecular complexity index is 1190. The first-order valence-electron chi connectivity index (χ1n) is 11.9. The molecule has 2 aromatic rings. The van der Waals surface area contributed by atoms with E-state index in [9.17, 15) is 14.4 Å². The van der Waals surface area contributed by atoms with Crippen LogP contribution in [0.15, 0.2) is 60.7 Å². The normalized spacial score (nSPS) is 29.6. The van der Waals surface area contributed by atoms with Crippen LogP contribution >= 0.6 is 0 Å². The molecule has 0 aromatic heterocycles. The van der Waals surface area contributed by atoms with Gasteiger partial charge in [-0.25, -0.2) is 0 Å². The summed E-state index contributed by atoms with van der Waals surface area (Å²) in [4.78, 5) is 44.4. The van der Waals surface area contributed by atoms with Crippen molar-refractivity contribution in [2.75, 3.05) is 23.4 Å². The van der Waals surface area contributed by atoms with Crippen molar-refractivity contribution in [3.8, 4) is 0 Å². The van der Waals surface area contributed by atoms with Crippen LogP contribution in [0.5, 0.6) is 0 Å². The summed E-state index contributed by atoms with van der Waals surface area (Å²) in [5, 5.41) is 2.99. The van der Waals surface area contributed by atoms with Crippen LogP contribution in [0.1, 0.15) is 25.3 Å². The number of nitrogens with one attached hydrogen (secondary N) is 1. The van der Waals surface area contributed by atoms with Crippen molar-refractivity contribution < 1.29 is 19.1 Å². The van der Waals surface area contributed by atoms with Crippen molar-refractivity contribution in [3.05, 3.63) is 66.2 Å². The standard InChI is InChI=1S/C27H27N3O4/c1-16-14-21-22-23(27(33)29(26(22)32)15-18-10-7-13-34-18)24(25(31)28-17-8-3-2-4-9-17)30(21)20-12-6-5-11-19(16)20/h2-6,8-9,11-12,14,18,21-24H,7,10,13,15H2,1H3,(H,28,31)/t18-,21+,22-,23-,24-/m0/s1. The lowest BCUT2D eigenvalue weighted by molar-refractivity contribution is -0.142. The molecule has 0 radical (unpaired) electrons. The predicted molar refractivity (Wildman–Crippen MR) is 128 cm³/mol. The zero-order valence-corrected chi connectivity index (χ0v) is 19.0. The molecule has 34 heavy (non-hydrogen) atoms. The van der Waals surface area contributed by atoms with Gasteiger partial charge in [-0.05, 0) is 43.5 Å². The minimum atomic E-state index is -0.786. The summed E-state index contributed by atoms with van der Waals surface area (Å²) in [5.41, 5.74) is 3.63. The van der Waals surface area contributed by atoms with Gasteiger partial charge in [0.1, 0.15) is 6.04 Å². The minimum Gasteiger partial charge on any atom is -0.376 e. The lowest BCUT2D eigenvalue weighted by Gasteiger charge is -2.38. The molecule has 5 atom stereocenters. The van der Waals surface area contributed by atoms with E-state index in [1.807, 2.05) is 66.4 Å². The summed E-state index contributed by atoms with van der Waals surface area (Å²) in [6, 6.07) is 16.0. The molecule has 0 bridgehead atoms. The van der Waals surface area contributed by atoms with Gasteiger partial charge in [-0.3, -0.25) is 19.3 Å². The van der Waals surface area contributed by atoms with Gasteiger partial charge >= 0.3 is 0 Å². The van der Waals surface area contributed by atoms with Gasteiger partial charge in [0.05, 0.1) is 30.5 Å². The van der Waals surface area contributed by atoms with Crippen molar-refractivity contribution in [2.24, 2.45) is 11.8 Å². The summed E-state index contributed by atoms with van der Waals surface area (Å²) >= 11 is 0. The number of benzene rings is 2. The number of imide groups is 1. The number of rotatable bonds is 4. The van der Waals surface area contributed by atoms with Crippen LogP contribution in [-0.4, -0.2) is 54.0 Å². The molecule has 0 spiro atoms. The Kier molecular flexibility index (Phi) is 5.03. The first-order valence-corrected chi connectivity index (χ1v) is 11.9. The molecule has 4 aliphatic heterocycles. The lowest BCUT2D eigenvalue weighted by atomic mass is 9.87. The van der Waals surface area contributed by atoms with Gasteiger partial charge in [-0.15, -0.1) is 0 Å². The van der Waals surface area contributed by atoms with Crippen LogP contribution in [0.25, 0.3) is 5.57 Å². The molecule has 4 heterocycles. The number of hydrogen-bond acceptors (Lipinski definition) is 5. The first-order chi connectivity index (χ1) is 16.5. The SMILES string of the molecule is CC1=C[C@@H]2[C@@H]3C(=O)N(C[C@@H]4CCCO4)C(=O)[C@@H]3[C@@H](C(=O)Nc3ccccc3)N2c2ccccc21. The van der Waals surface area contributed by atoms with E-state index in [2.05, 4.69) is 11.4 Å². The maximum Gasteiger partial charge on any atom is 0.247 e. The number of likely N-dealkylation sites (tertiary alicyclic amines) is 1. The Morgan fingerprint density at radius 2 is 1.76 bits per heavy atom. The number of anilines is 2. The van der Waals surface area contributed by atoms with E-state index in [-0.39, 0.29) is 36.4 Å². The van der Waals surface area contributed by atoms with E-state index in [0.717, 1.165) is 29.7 Å². The lowest BCUT2D eigenvalue weighted by Crippen LogP contribution is -2.51. The molecule has 2 aromatic carbocycles. The molecule has 1 N–H and O–H groups in total. The highest BCUT2D eigenvalue weighted by atomic mass is 16.5. The highest BCUT2D eigenvalue weighted by molar-refractivity contribution is 6.12. The van der Waals surface area contributed by atoms with Crippen molar-refractivity contribution in [1.82, 2.24) is 4.90 Å². The zero-order valence-electron chi connectivity index (χ0n) is 19.0. The fourth-order valence-corrected chi connectivity index (χ4v) is 6.07. The summed E-state index contributed by atoms with van der Waals surface area (Å²) in [6.07, 6.45) is 3.71. The average Bonchev–Trinajstić information content (AvgIpc) is 3.53. The number of carbonyl (C=O) groups excluding carboxylic acids is 3. The average molecular weight is 458 g/mol. The molecule has 0 saturated carbocycles. The highest BCUT2D eigenvalue weighted by Crippen LogP contribution is 2.50. The summed E-state index contributed by atoms with van der Waals surface area (Å²) < 4.78 is 5.71. The molecule has 6 rings (SSSR count). The Labute approximate surface area is 198 Å². The van der Waals surface area contributed by atoms with Crippen LogP contribution in [0.3, 0.4) is 0 Å². The summed E-state index contributed by atoms with van der Waals surface area (Å²) in [6.45, 7) is 2.95. The molecule has 3 fully saturated rings. The third-order valence-corrected chi connectivity index (χ3v) is 7.57. The zero-order chi connectivity index (χ0) is 23.4. The van der Waals surface area contributed by atoms with Gasteiger partial charge in [-0.2, -0.15) is 0 Å². The van der Waals surface area contributed by atoms with E-state index < -0.39 is 17.9 Å². The van der Waals surface area contributed by atoms with Crippen molar-refractivity contribution >= 4 is 34.7 Å². The molecular formula is C27H27N3O4. The second-order valence-corrected chi connectivity index (χ2v) is 9.54. The second kappa shape index (κ2) is 8.09. The summed E-state index contributed by atoms with van der Waals surface area (Å²) in [7, 11) is 0. The molecule has 0 aliphatic carbocycles. The number of para-hydroxylation sites is 2. The third kappa shape index (κ3) is 3.18. The van der Waals surface area contributed by atoms with Gasteiger partial charge in [0.25, 0.3) is 0 Å². The van der Waals surface area contributed by atoms with Crippen molar-refractivity contribution in [3.63, 3.8) is 0 Å².